The molecule has 0 spiro atoms. The van der Waals surface area contributed by atoms with Crippen molar-refractivity contribution in [3.63, 3.8) is 0 Å². The molecule has 0 radical (unpaired) electrons. The van der Waals surface area contributed by atoms with Crippen molar-refractivity contribution < 1.29 is 4.74 Å². The molecule has 1 aliphatic heterocycles. The van der Waals surface area contributed by atoms with E-state index < -0.39 is 0 Å². The van der Waals surface area contributed by atoms with E-state index in [0.717, 1.165) is 23.7 Å². The van der Waals surface area contributed by atoms with Crippen LogP contribution in [0.1, 0.15) is 32.2 Å². The molecule has 1 aromatic heterocycles. The van der Waals surface area contributed by atoms with E-state index in [1.165, 1.54) is 12.8 Å². The number of aromatic nitrogens is 3. The first-order valence-electron chi connectivity index (χ1n) is 6.20. The molecule has 1 aliphatic carbocycles. The monoisotopic (exact) mass is 254 g/mol. The molecule has 2 aliphatic rings. The Morgan fingerprint density at radius 2 is 2.24 bits per heavy atom. The van der Waals surface area contributed by atoms with E-state index in [1.54, 1.807) is 0 Å². The number of hydrogen-bond acceptors (Lipinski definition) is 4. The second-order valence-electron chi connectivity index (χ2n) is 4.97. The van der Waals surface area contributed by atoms with Crippen molar-refractivity contribution in [3.8, 4) is 0 Å². The molecule has 17 heavy (non-hydrogen) atoms. The van der Waals surface area contributed by atoms with E-state index >= 15 is 0 Å². The summed E-state index contributed by atoms with van der Waals surface area (Å²) in [5.74, 6) is 0.958. The maximum Gasteiger partial charge on any atom is 0.226 e. The number of hydrogen-bond donors (Lipinski definition) is 1. The minimum Gasteiger partial charge on any atom is -0.376 e. The van der Waals surface area contributed by atoms with Gasteiger partial charge in [-0.1, -0.05) is 0 Å². The average molecular weight is 254 g/mol. The van der Waals surface area contributed by atoms with Crippen molar-refractivity contribution in [2.75, 3.05) is 18.6 Å². The topological polar surface area (TPSA) is 46.1 Å². The lowest BCUT2D eigenvalue weighted by Gasteiger charge is -2.27. The van der Waals surface area contributed by atoms with Crippen LogP contribution in [0.3, 0.4) is 0 Å². The summed E-state index contributed by atoms with van der Waals surface area (Å²) in [7, 11) is 2.08. The normalized spacial score (nSPS) is 28.6. The van der Waals surface area contributed by atoms with Crippen molar-refractivity contribution in [3.05, 3.63) is 4.77 Å². The average Bonchev–Trinajstić information content (AvgIpc) is 2.94. The van der Waals surface area contributed by atoms with Crippen LogP contribution in [0, 0.1) is 4.77 Å². The fraction of sp³-hybridized carbons (Fsp3) is 0.818. The van der Waals surface area contributed by atoms with Crippen molar-refractivity contribution in [1.29, 1.82) is 0 Å². The fourth-order valence-electron chi connectivity index (χ4n) is 2.58. The Hall–Kier alpha value is -0.880. The fourth-order valence-corrected chi connectivity index (χ4v) is 2.86. The van der Waals surface area contributed by atoms with E-state index in [4.69, 9.17) is 17.0 Å². The summed E-state index contributed by atoms with van der Waals surface area (Å²) in [6.07, 6.45) is 3.75. The van der Waals surface area contributed by atoms with E-state index in [2.05, 4.69) is 33.6 Å². The predicted octanol–water partition coefficient (Wildman–Crippen LogP) is 1.89. The molecule has 1 saturated carbocycles. The van der Waals surface area contributed by atoms with Crippen LogP contribution in [0.5, 0.6) is 0 Å². The number of ether oxygens (including phenoxy) is 1. The Balaban J connectivity index is 1.90. The summed E-state index contributed by atoms with van der Waals surface area (Å²) in [6.45, 7) is 2.96. The maximum atomic E-state index is 5.62. The second-order valence-corrected chi connectivity index (χ2v) is 5.36. The third kappa shape index (κ3) is 1.89. The molecule has 0 amide bonds. The third-order valence-electron chi connectivity index (χ3n) is 3.75. The zero-order valence-corrected chi connectivity index (χ0v) is 11.0. The molecular weight excluding hydrogens is 236 g/mol. The molecule has 94 valence electrons. The van der Waals surface area contributed by atoms with Gasteiger partial charge in [-0.2, -0.15) is 0 Å². The van der Waals surface area contributed by atoms with Crippen LogP contribution in [-0.4, -0.2) is 40.6 Å². The number of rotatable bonds is 3. The van der Waals surface area contributed by atoms with Gasteiger partial charge in [-0.15, -0.1) is 5.10 Å². The van der Waals surface area contributed by atoms with Gasteiger partial charge in [0, 0.05) is 19.7 Å². The Labute approximate surface area is 106 Å². The molecule has 2 unspecified atom stereocenters. The first-order valence-corrected chi connectivity index (χ1v) is 6.60. The minimum atomic E-state index is 0.262. The van der Waals surface area contributed by atoms with Gasteiger partial charge in [0.2, 0.25) is 5.95 Å². The van der Waals surface area contributed by atoms with Crippen LogP contribution < -0.4 is 4.90 Å². The zero-order chi connectivity index (χ0) is 12.0. The first kappa shape index (κ1) is 11.2. The number of nitrogens with one attached hydrogen (secondary N) is 1. The van der Waals surface area contributed by atoms with Crippen LogP contribution in [0.25, 0.3) is 0 Å². The molecule has 2 heterocycles. The van der Waals surface area contributed by atoms with Crippen LogP contribution in [-0.2, 0) is 4.74 Å². The smallest absolute Gasteiger partial charge is 0.226 e. The quantitative estimate of drug-likeness (QED) is 0.837. The first-order chi connectivity index (χ1) is 8.18. The molecule has 2 fully saturated rings. The standard InChI is InChI=1S/C11H18N4OS/c1-7-9(5-6-16-7)14(2)10-12-13-11(17)15(10)8-3-4-8/h7-9H,3-6H2,1-2H3,(H,13,17). The molecular formula is C11H18N4OS. The molecule has 6 heteroatoms. The lowest BCUT2D eigenvalue weighted by Crippen LogP contribution is -2.38. The highest BCUT2D eigenvalue weighted by molar-refractivity contribution is 7.71. The van der Waals surface area contributed by atoms with Crippen LogP contribution in [0.15, 0.2) is 0 Å². The van der Waals surface area contributed by atoms with Gasteiger partial charge in [-0.3, -0.25) is 4.57 Å². The highest BCUT2D eigenvalue weighted by atomic mass is 32.1. The SMILES string of the molecule is CC1OCCC1N(C)c1n[nH]c(=S)n1C1CC1. The van der Waals surface area contributed by atoms with Crippen molar-refractivity contribution in [1.82, 2.24) is 14.8 Å². The van der Waals surface area contributed by atoms with Crippen LogP contribution in [0.2, 0.25) is 0 Å². The summed E-state index contributed by atoms with van der Waals surface area (Å²) in [5, 5.41) is 7.28. The summed E-state index contributed by atoms with van der Waals surface area (Å²) >= 11 is 5.30. The second kappa shape index (κ2) is 4.10. The molecule has 1 aromatic rings. The molecule has 3 rings (SSSR count). The van der Waals surface area contributed by atoms with E-state index in [1.807, 2.05) is 0 Å². The summed E-state index contributed by atoms with van der Waals surface area (Å²) in [5.41, 5.74) is 0. The Kier molecular flexibility index (Phi) is 2.71. The lowest BCUT2D eigenvalue weighted by atomic mass is 10.1. The maximum absolute atomic E-state index is 5.62. The lowest BCUT2D eigenvalue weighted by molar-refractivity contribution is 0.118. The molecule has 5 nitrogen and oxygen atoms in total. The number of aromatic amines is 1. The molecule has 0 aromatic carbocycles. The predicted molar refractivity (Wildman–Crippen MR) is 67.9 cm³/mol. The Morgan fingerprint density at radius 1 is 1.47 bits per heavy atom. The molecule has 1 saturated heterocycles. The highest BCUT2D eigenvalue weighted by Crippen LogP contribution is 2.38. The number of anilines is 1. The van der Waals surface area contributed by atoms with Crippen molar-refractivity contribution in [2.24, 2.45) is 0 Å². The largest absolute Gasteiger partial charge is 0.376 e. The minimum absolute atomic E-state index is 0.262. The summed E-state index contributed by atoms with van der Waals surface area (Å²) < 4.78 is 8.51. The van der Waals surface area contributed by atoms with Gasteiger partial charge in [-0.25, -0.2) is 5.10 Å². The highest BCUT2D eigenvalue weighted by Gasteiger charge is 2.33. The van der Waals surface area contributed by atoms with Gasteiger partial charge >= 0.3 is 0 Å². The van der Waals surface area contributed by atoms with Gasteiger partial charge in [-0.05, 0) is 38.4 Å². The van der Waals surface area contributed by atoms with Crippen LogP contribution >= 0.6 is 12.2 Å². The van der Waals surface area contributed by atoms with Gasteiger partial charge in [0.1, 0.15) is 0 Å². The zero-order valence-electron chi connectivity index (χ0n) is 10.2. The van der Waals surface area contributed by atoms with E-state index in [0.29, 0.717) is 12.1 Å². The van der Waals surface area contributed by atoms with Crippen LogP contribution in [0.4, 0.5) is 5.95 Å². The van der Waals surface area contributed by atoms with Crippen molar-refractivity contribution >= 4 is 18.2 Å². The van der Waals surface area contributed by atoms with Gasteiger partial charge in [0.05, 0.1) is 12.1 Å². The Bertz CT molecular complexity index is 464. The number of likely N-dealkylation sites (N-methyl/N-ethyl adjacent to an activating group) is 1. The van der Waals surface area contributed by atoms with Gasteiger partial charge in [0.25, 0.3) is 0 Å². The number of H-pyrrole nitrogens is 1. The third-order valence-corrected chi connectivity index (χ3v) is 4.03. The summed E-state index contributed by atoms with van der Waals surface area (Å²) in [4.78, 5) is 2.21. The van der Waals surface area contributed by atoms with E-state index in [9.17, 15) is 0 Å². The number of nitrogens with zero attached hydrogens (tertiary/aromatic N) is 3. The summed E-state index contributed by atoms with van der Waals surface area (Å²) in [6, 6.07) is 0.953. The molecule has 2 atom stereocenters. The Morgan fingerprint density at radius 3 is 2.82 bits per heavy atom. The van der Waals surface area contributed by atoms with E-state index in [-0.39, 0.29) is 6.10 Å². The molecule has 1 N–H and O–H groups in total. The molecule has 0 bridgehead atoms. The van der Waals surface area contributed by atoms with Gasteiger partial charge < -0.3 is 9.64 Å². The van der Waals surface area contributed by atoms with Crippen molar-refractivity contribution in [2.45, 2.75) is 44.4 Å². The van der Waals surface area contributed by atoms with Gasteiger partial charge in [0.15, 0.2) is 4.77 Å².